The first-order valence-corrected chi connectivity index (χ1v) is 5.93. The molecule has 1 unspecified atom stereocenters. The van der Waals surface area contributed by atoms with E-state index in [9.17, 15) is 4.79 Å². The Bertz CT molecular complexity index is 354. The van der Waals surface area contributed by atoms with Crippen LogP contribution in [0.25, 0.3) is 0 Å². The van der Waals surface area contributed by atoms with Crippen molar-refractivity contribution in [1.82, 2.24) is 9.55 Å². The Morgan fingerprint density at radius 2 is 2.56 bits per heavy atom. The van der Waals surface area contributed by atoms with E-state index in [4.69, 9.17) is 4.74 Å². The molecule has 0 aromatic carbocycles. The van der Waals surface area contributed by atoms with Gasteiger partial charge in [-0.25, -0.2) is 4.98 Å². The summed E-state index contributed by atoms with van der Waals surface area (Å²) < 4.78 is 7.46. The topological polar surface area (TPSA) is 44.1 Å². The number of aryl methyl sites for hydroxylation is 1. The maximum absolute atomic E-state index is 11.8. The molecule has 1 aliphatic rings. The van der Waals surface area contributed by atoms with Crippen molar-refractivity contribution in [2.45, 2.75) is 45.3 Å². The van der Waals surface area contributed by atoms with Crippen LogP contribution in [0.1, 0.15) is 32.0 Å². The summed E-state index contributed by atoms with van der Waals surface area (Å²) in [6.45, 7) is 3.72. The zero-order valence-electron chi connectivity index (χ0n) is 9.69. The van der Waals surface area contributed by atoms with Crippen molar-refractivity contribution in [1.29, 1.82) is 0 Å². The van der Waals surface area contributed by atoms with Gasteiger partial charge in [-0.3, -0.25) is 4.79 Å². The van der Waals surface area contributed by atoms with Gasteiger partial charge in [0, 0.05) is 32.0 Å². The van der Waals surface area contributed by atoms with Crippen molar-refractivity contribution in [2.75, 3.05) is 6.61 Å². The van der Waals surface area contributed by atoms with E-state index < -0.39 is 0 Å². The van der Waals surface area contributed by atoms with E-state index in [1.54, 1.807) is 6.20 Å². The van der Waals surface area contributed by atoms with E-state index in [1.807, 2.05) is 10.8 Å². The van der Waals surface area contributed by atoms with E-state index in [1.165, 1.54) is 0 Å². The Labute approximate surface area is 95.6 Å². The van der Waals surface area contributed by atoms with Gasteiger partial charge in [0.15, 0.2) is 0 Å². The zero-order chi connectivity index (χ0) is 11.4. The molecule has 16 heavy (non-hydrogen) atoms. The summed E-state index contributed by atoms with van der Waals surface area (Å²) in [5, 5.41) is 0. The number of Topliss-reactive ketones (excluding diaryl/α,β-unsaturated/α-hetero) is 1. The van der Waals surface area contributed by atoms with Crippen LogP contribution >= 0.6 is 0 Å². The molecule has 1 saturated heterocycles. The lowest BCUT2D eigenvalue weighted by molar-refractivity contribution is -0.120. The molecule has 1 aromatic heterocycles. The van der Waals surface area contributed by atoms with Crippen LogP contribution in [-0.4, -0.2) is 28.0 Å². The maximum atomic E-state index is 11.8. The summed E-state index contributed by atoms with van der Waals surface area (Å²) in [6.07, 6.45) is 6.89. The molecule has 1 aliphatic heterocycles. The number of aromatic nitrogens is 2. The van der Waals surface area contributed by atoms with Crippen LogP contribution in [0.4, 0.5) is 0 Å². The highest BCUT2D eigenvalue weighted by molar-refractivity contribution is 5.80. The number of carbonyl (C=O) groups excluding carboxylic acids is 1. The SMILES string of the molecule is CCn1ccnc1CC(=O)CC1CCCO1. The van der Waals surface area contributed by atoms with Gasteiger partial charge in [0.25, 0.3) is 0 Å². The van der Waals surface area contributed by atoms with Crippen molar-refractivity contribution in [3.05, 3.63) is 18.2 Å². The molecule has 1 fully saturated rings. The third kappa shape index (κ3) is 2.70. The number of nitrogens with zero attached hydrogens (tertiary/aromatic N) is 2. The molecule has 4 heteroatoms. The van der Waals surface area contributed by atoms with Gasteiger partial charge in [-0.2, -0.15) is 0 Å². The average molecular weight is 222 g/mol. The number of rotatable bonds is 5. The van der Waals surface area contributed by atoms with E-state index in [-0.39, 0.29) is 11.9 Å². The van der Waals surface area contributed by atoms with Gasteiger partial charge in [0.1, 0.15) is 11.6 Å². The Balaban J connectivity index is 1.86. The summed E-state index contributed by atoms with van der Waals surface area (Å²) >= 11 is 0. The van der Waals surface area contributed by atoms with E-state index in [2.05, 4.69) is 11.9 Å². The molecule has 1 atom stereocenters. The van der Waals surface area contributed by atoms with Gasteiger partial charge in [-0.05, 0) is 19.8 Å². The fourth-order valence-electron chi connectivity index (χ4n) is 2.10. The Morgan fingerprint density at radius 1 is 1.69 bits per heavy atom. The standard InChI is InChI=1S/C12H18N2O2/c1-2-14-6-5-13-12(14)9-10(15)8-11-4-3-7-16-11/h5-6,11H,2-4,7-9H2,1H3. The van der Waals surface area contributed by atoms with Gasteiger partial charge < -0.3 is 9.30 Å². The minimum Gasteiger partial charge on any atom is -0.378 e. The van der Waals surface area contributed by atoms with Crippen LogP contribution in [0.5, 0.6) is 0 Å². The first-order valence-electron chi connectivity index (χ1n) is 5.93. The fraction of sp³-hybridized carbons (Fsp3) is 0.667. The van der Waals surface area contributed by atoms with E-state index >= 15 is 0 Å². The molecular weight excluding hydrogens is 204 g/mol. The smallest absolute Gasteiger partial charge is 0.142 e. The zero-order valence-corrected chi connectivity index (χ0v) is 9.69. The van der Waals surface area contributed by atoms with Gasteiger partial charge in [-0.1, -0.05) is 0 Å². The number of imidazole rings is 1. The molecule has 88 valence electrons. The molecule has 2 rings (SSSR count). The fourth-order valence-corrected chi connectivity index (χ4v) is 2.10. The van der Waals surface area contributed by atoms with Crippen LogP contribution in [0.2, 0.25) is 0 Å². The van der Waals surface area contributed by atoms with Crippen molar-refractivity contribution in [2.24, 2.45) is 0 Å². The molecule has 0 aliphatic carbocycles. The summed E-state index contributed by atoms with van der Waals surface area (Å²) in [5.74, 6) is 1.10. The molecule has 2 heterocycles. The van der Waals surface area contributed by atoms with Gasteiger partial charge >= 0.3 is 0 Å². The average Bonchev–Trinajstić information content (AvgIpc) is 2.88. The lowest BCUT2D eigenvalue weighted by Gasteiger charge is -2.08. The van der Waals surface area contributed by atoms with E-state index in [0.717, 1.165) is 31.8 Å². The van der Waals surface area contributed by atoms with Crippen LogP contribution in [0.15, 0.2) is 12.4 Å². The lowest BCUT2D eigenvalue weighted by Crippen LogP contribution is -2.16. The van der Waals surface area contributed by atoms with E-state index in [0.29, 0.717) is 12.8 Å². The minimum absolute atomic E-state index is 0.150. The van der Waals surface area contributed by atoms with Crippen molar-refractivity contribution < 1.29 is 9.53 Å². The number of ketones is 1. The molecule has 0 bridgehead atoms. The Kier molecular flexibility index (Phi) is 3.72. The second kappa shape index (κ2) is 5.25. The van der Waals surface area contributed by atoms with Crippen LogP contribution in [0.3, 0.4) is 0 Å². The van der Waals surface area contributed by atoms with Crippen molar-refractivity contribution in [3.63, 3.8) is 0 Å². The Hall–Kier alpha value is -1.16. The maximum Gasteiger partial charge on any atom is 0.142 e. The quantitative estimate of drug-likeness (QED) is 0.759. The summed E-state index contributed by atoms with van der Waals surface area (Å²) in [5.41, 5.74) is 0. The summed E-state index contributed by atoms with van der Waals surface area (Å²) in [7, 11) is 0. The predicted octanol–water partition coefficient (Wildman–Crippen LogP) is 1.58. The van der Waals surface area contributed by atoms with Gasteiger partial charge in [0.05, 0.1) is 12.5 Å². The Morgan fingerprint density at radius 3 is 3.25 bits per heavy atom. The first-order chi connectivity index (χ1) is 7.79. The predicted molar refractivity (Wildman–Crippen MR) is 60.2 cm³/mol. The van der Waals surface area contributed by atoms with Crippen molar-refractivity contribution in [3.8, 4) is 0 Å². The molecule has 0 N–H and O–H groups in total. The molecule has 1 aromatic rings. The number of carbonyl (C=O) groups is 1. The number of ether oxygens (including phenoxy) is 1. The largest absolute Gasteiger partial charge is 0.378 e. The lowest BCUT2D eigenvalue weighted by atomic mass is 10.1. The highest BCUT2D eigenvalue weighted by Gasteiger charge is 2.19. The van der Waals surface area contributed by atoms with Gasteiger partial charge in [-0.15, -0.1) is 0 Å². The molecule has 0 saturated carbocycles. The van der Waals surface area contributed by atoms with Crippen LogP contribution < -0.4 is 0 Å². The molecule has 4 nitrogen and oxygen atoms in total. The summed E-state index contributed by atoms with van der Waals surface area (Å²) in [6, 6.07) is 0. The molecule has 0 radical (unpaired) electrons. The number of hydrogen-bond donors (Lipinski definition) is 0. The highest BCUT2D eigenvalue weighted by Crippen LogP contribution is 2.16. The van der Waals surface area contributed by atoms with Gasteiger partial charge in [0.2, 0.25) is 0 Å². The van der Waals surface area contributed by atoms with Crippen LogP contribution in [0, 0.1) is 0 Å². The third-order valence-corrected chi connectivity index (χ3v) is 2.98. The third-order valence-electron chi connectivity index (χ3n) is 2.98. The minimum atomic E-state index is 0.150. The molecule has 0 amide bonds. The molecule has 0 spiro atoms. The van der Waals surface area contributed by atoms with Crippen molar-refractivity contribution >= 4 is 5.78 Å². The van der Waals surface area contributed by atoms with Crippen LogP contribution in [-0.2, 0) is 22.5 Å². The second-order valence-corrected chi connectivity index (χ2v) is 4.18. The summed E-state index contributed by atoms with van der Waals surface area (Å²) in [4.78, 5) is 16.0. The molecular formula is C12H18N2O2. The first kappa shape index (κ1) is 11.3. The number of hydrogen-bond acceptors (Lipinski definition) is 3. The highest BCUT2D eigenvalue weighted by atomic mass is 16.5. The normalized spacial score (nSPS) is 20.2. The second-order valence-electron chi connectivity index (χ2n) is 4.18. The monoisotopic (exact) mass is 222 g/mol.